The lowest BCUT2D eigenvalue weighted by Gasteiger charge is -2.04. The Morgan fingerprint density at radius 1 is 1.29 bits per heavy atom. The van der Waals surface area contributed by atoms with Gasteiger partial charge in [0.15, 0.2) is 0 Å². The number of carbonyl (C=O) groups is 1. The zero-order valence-corrected chi connectivity index (χ0v) is 12.6. The van der Waals surface area contributed by atoms with Gasteiger partial charge in [0.25, 0.3) is 0 Å². The number of aromatic nitrogens is 2. The highest BCUT2D eigenvalue weighted by atomic mass is 79.9. The number of hydrogen-bond acceptors (Lipinski definition) is 2. The fraction of sp³-hybridized carbons (Fsp3) is 0.0667. The summed E-state index contributed by atoms with van der Waals surface area (Å²) in [6.45, 7) is 0. The first-order valence-corrected chi connectivity index (χ1v) is 6.92. The van der Waals surface area contributed by atoms with Gasteiger partial charge in [0.1, 0.15) is 11.6 Å². The normalized spacial score (nSPS) is 11.0. The fourth-order valence-electron chi connectivity index (χ4n) is 2.24. The summed E-state index contributed by atoms with van der Waals surface area (Å²) >= 11 is 3.22. The van der Waals surface area contributed by atoms with E-state index in [1.807, 2.05) is 0 Å². The van der Waals surface area contributed by atoms with Gasteiger partial charge in [0.05, 0.1) is 22.2 Å². The van der Waals surface area contributed by atoms with Crippen molar-refractivity contribution in [2.45, 2.75) is 0 Å². The zero-order valence-electron chi connectivity index (χ0n) is 11.0. The Bertz CT molecular complexity index is 873. The van der Waals surface area contributed by atoms with E-state index in [0.29, 0.717) is 21.4 Å². The molecule has 106 valence electrons. The molecule has 0 aliphatic carbocycles. The molecule has 0 amide bonds. The number of halogens is 2. The molecule has 0 aliphatic heterocycles. The second kappa shape index (κ2) is 4.96. The average Bonchev–Trinajstić information content (AvgIpc) is 2.75. The van der Waals surface area contributed by atoms with Gasteiger partial charge in [-0.15, -0.1) is 0 Å². The minimum atomic E-state index is -1.01. The van der Waals surface area contributed by atoms with Crippen LogP contribution in [0.25, 0.3) is 22.4 Å². The van der Waals surface area contributed by atoms with Crippen LogP contribution in [0.4, 0.5) is 4.39 Å². The molecule has 0 bridgehead atoms. The number of benzene rings is 2. The first-order chi connectivity index (χ1) is 9.97. The van der Waals surface area contributed by atoms with Gasteiger partial charge >= 0.3 is 5.97 Å². The van der Waals surface area contributed by atoms with Crippen LogP contribution in [-0.2, 0) is 7.05 Å². The van der Waals surface area contributed by atoms with Crippen molar-refractivity contribution < 1.29 is 14.3 Å². The molecule has 0 atom stereocenters. The van der Waals surface area contributed by atoms with E-state index >= 15 is 0 Å². The van der Waals surface area contributed by atoms with Gasteiger partial charge in [-0.1, -0.05) is 15.9 Å². The third-order valence-corrected chi connectivity index (χ3v) is 3.79. The molecule has 3 rings (SSSR count). The molecule has 0 aliphatic rings. The molecule has 1 aromatic heterocycles. The Labute approximate surface area is 128 Å². The maximum absolute atomic E-state index is 14.1. The van der Waals surface area contributed by atoms with E-state index in [-0.39, 0.29) is 11.4 Å². The summed E-state index contributed by atoms with van der Waals surface area (Å²) in [5.41, 5.74) is 1.80. The van der Waals surface area contributed by atoms with Crippen LogP contribution in [0.1, 0.15) is 10.4 Å². The largest absolute Gasteiger partial charge is 0.478 e. The third-order valence-electron chi connectivity index (χ3n) is 3.30. The van der Waals surface area contributed by atoms with Gasteiger partial charge in [0, 0.05) is 11.5 Å². The van der Waals surface area contributed by atoms with Crippen molar-refractivity contribution in [3.63, 3.8) is 0 Å². The van der Waals surface area contributed by atoms with E-state index in [2.05, 4.69) is 20.9 Å². The number of aromatic carboxylic acids is 1. The first kappa shape index (κ1) is 13.8. The van der Waals surface area contributed by atoms with Crippen molar-refractivity contribution in [1.29, 1.82) is 0 Å². The Morgan fingerprint density at radius 3 is 2.71 bits per heavy atom. The quantitative estimate of drug-likeness (QED) is 0.765. The number of nitrogens with zero attached hydrogens (tertiary/aromatic N) is 2. The number of imidazole rings is 1. The van der Waals surface area contributed by atoms with E-state index in [0.717, 1.165) is 5.52 Å². The summed E-state index contributed by atoms with van der Waals surface area (Å²) in [6, 6.07) is 9.41. The van der Waals surface area contributed by atoms with Crippen molar-refractivity contribution in [3.05, 3.63) is 52.3 Å². The molecule has 1 N–H and O–H groups in total. The predicted octanol–water partition coefficient (Wildman–Crippen LogP) is 3.84. The smallest absolute Gasteiger partial charge is 0.335 e. The Hall–Kier alpha value is -2.21. The topological polar surface area (TPSA) is 55.1 Å². The molecule has 3 aromatic rings. The minimum Gasteiger partial charge on any atom is -0.478 e. The summed E-state index contributed by atoms with van der Waals surface area (Å²) in [7, 11) is 1.77. The third kappa shape index (κ3) is 2.31. The summed E-state index contributed by atoms with van der Waals surface area (Å²) in [6.07, 6.45) is 0. The summed E-state index contributed by atoms with van der Waals surface area (Å²) in [5.74, 6) is -0.947. The summed E-state index contributed by atoms with van der Waals surface area (Å²) < 4.78 is 16.5. The van der Waals surface area contributed by atoms with E-state index in [9.17, 15) is 9.18 Å². The molecule has 0 fully saturated rings. The number of hydrogen-bond donors (Lipinski definition) is 1. The second-order valence-electron chi connectivity index (χ2n) is 4.63. The molecule has 21 heavy (non-hydrogen) atoms. The summed E-state index contributed by atoms with van der Waals surface area (Å²) in [4.78, 5) is 15.4. The molecule has 0 saturated heterocycles. The highest BCUT2D eigenvalue weighted by Gasteiger charge is 2.15. The maximum atomic E-state index is 14.1. The Morgan fingerprint density at radius 2 is 2.05 bits per heavy atom. The lowest BCUT2D eigenvalue weighted by atomic mass is 10.2. The summed E-state index contributed by atoms with van der Waals surface area (Å²) in [5, 5.41) is 9.01. The van der Waals surface area contributed by atoms with Gasteiger partial charge in [-0.05, 0) is 36.4 Å². The monoisotopic (exact) mass is 348 g/mol. The van der Waals surface area contributed by atoms with Crippen LogP contribution in [0.2, 0.25) is 0 Å². The molecule has 0 spiro atoms. The minimum absolute atomic E-state index is 0.156. The zero-order chi connectivity index (χ0) is 15.1. The maximum Gasteiger partial charge on any atom is 0.335 e. The SMILES string of the molecule is Cn1c(-c2ccc(Br)cc2F)nc2cc(C(=O)O)ccc21. The molecule has 0 radical (unpaired) electrons. The van der Waals surface area contributed by atoms with Gasteiger partial charge in [-0.25, -0.2) is 14.2 Å². The highest BCUT2D eigenvalue weighted by Crippen LogP contribution is 2.28. The molecule has 1 heterocycles. The van der Waals surface area contributed by atoms with Gasteiger partial charge < -0.3 is 9.67 Å². The van der Waals surface area contributed by atoms with E-state index in [1.165, 1.54) is 18.2 Å². The Balaban J connectivity index is 2.23. The standard InChI is InChI=1S/C15H10BrFN2O2/c1-19-13-5-2-8(15(20)21)6-12(13)18-14(19)10-4-3-9(16)7-11(10)17/h2-7H,1H3,(H,20,21). The highest BCUT2D eigenvalue weighted by molar-refractivity contribution is 9.10. The molecule has 4 nitrogen and oxygen atoms in total. The van der Waals surface area contributed by atoms with Crippen molar-refractivity contribution in [1.82, 2.24) is 9.55 Å². The number of rotatable bonds is 2. The van der Waals surface area contributed by atoms with Crippen LogP contribution in [0, 0.1) is 5.82 Å². The van der Waals surface area contributed by atoms with Gasteiger partial charge in [0.2, 0.25) is 0 Å². The Kier molecular flexibility index (Phi) is 3.25. The van der Waals surface area contributed by atoms with Crippen molar-refractivity contribution in [2.75, 3.05) is 0 Å². The second-order valence-corrected chi connectivity index (χ2v) is 5.54. The lowest BCUT2D eigenvalue weighted by Crippen LogP contribution is -1.96. The van der Waals surface area contributed by atoms with E-state index < -0.39 is 5.97 Å². The van der Waals surface area contributed by atoms with Gasteiger partial charge in [-0.2, -0.15) is 0 Å². The number of carboxylic acid groups (broad SMARTS) is 1. The van der Waals surface area contributed by atoms with Crippen LogP contribution < -0.4 is 0 Å². The fourth-order valence-corrected chi connectivity index (χ4v) is 2.58. The average molecular weight is 349 g/mol. The van der Waals surface area contributed by atoms with Crippen molar-refractivity contribution >= 4 is 32.9 Å². The number of aryl methyl sites for hydroxylation is 1. The van der Waals surface area contributed by atoms with E-state index in [4.69, 9.17) is 5.11 Å². The number of carboxylic acids is 1. The van der Waals surface area contributed by atoms with Crippen LogP contribution in [-0.4, -0.2) is 20.6 Å². The molecule has 6 heteroatoms. The van der Waals surface area contributed by atoms with Gasteiger partial charge in [-0.3, -0.25) is 0 Å². The van der Waals surface area contributed by atoms with Crippen LogP contribution in [0.15, 0.2) is 40.9 Å². The van der Waals surface area contributed by atoms with Crippen molar-refractivity contribution in [3.8, 4) is 11.4 Å². The van der Waals surface area contributed by atoms with Crippen LogP contribution >= 0.6 is 15.9 Å². The molecular weight excluding hydrogens is 339 g/mol. The molecule has 0 saturated carbocycles. The van der Waals surface area contributed by atoms with E-state index in [1.54, 1.807) is 29.8 Å². The van der Waals surface area contributed by atoms with Crippen LogP contribution in [0.5, 0.6) is 0 Å². The number of fused-ring (bicyclic) bond motifs is 1. The molecular formula is C15H10BrFN2O2. The molecule has 2 aromatic carbocycles. The molecule has 0 unspecified atom stereocenters. The van der Waals surface area contributed by atoms with Crippen LogP contribution in [0.3, 0.4) is 0 Å². The lowest BCUT2D eigenvalue weighted by molar-refractivity contribution is 0.0697. The van der Waals surface area contributed by atoms with Crippen molar-refractivity contribution in [2.24, 2.45) is 7.05 Å². The first-order valence-electron chi connectivity index (χ1n) is 6.12. The predicted molar refractivity (Wildman–Crippen MR) is 80.8 cm³/mol.